The zero-order valence-electron chi connectivity index (χ0n) is 14.1. The Morgan fingerprint density at radius 1 is 0.958 bits per heavy atom. The van der Waals surface area contributed by atoms with Gasteiger partial charge in [0.05, 0.1) is 15.5 Å². The van der Waals surface area contributed by atoms with E-state index in [1.54, 1.807) is 13.8 Å². The van der Waals surface area contributed by atoms with Crippen LogP contribution in [0.1, 0.15) is 26.7 Å². The molecule has 0 bridgehead atoms. The van der Waals surface area contributed by atoms with E-state index in [4.69, 9.17) is 4.74 Å². The second-order valence-corrected chi connectivity index (χ2v) is 9.87. The molecule has 1 heterocycles. The molecule has 0 atom stereocenters. The fourth-order valence-electron chi connectivity index (χ4n) is 2.85. The van der Waals surface area contributed by atoms with Gasteiger partial charge in [0.25, 0.3) is 0 Å². The molecule has 0 unspecified atom stereocenters. The Morgan fingerprint density at radius 2 is 1.46 bits per heavy atom. The minimum absolute atomic E-state index is 0.0818. The van der Waals surface area contributed by atoms with Crippen LogP contribution in [0, 0.1) is 5.92 Å². The molecule has 1 aromatic carbocycles. The normalized spacial score (nSPS) is 17.3. The van der Waals surface area contributed by atoms with Gasteiger partial charge in [-0.15, -0.1) is 0 Å². The lowest BCUT2D eigenvalue weighted by Gasteiger charge is -2.22. The number of hydrogen-bond acceptors (Lipinski definition) is 5. The lowest BCUT2D eigenvalue weighted by atomic mass is 10.0. The third-order valence-corrected chi connectivity index (χ3v) is 8.29. The molecule has 0 amide bonds. The van der Waals surface area contributed by atoms with Gasteiger partial charge in [0.2, 0.25) is 10.0 Å². The molecule has 0 spiro atoms. The molecule has 1 aromatic rings. The number of sulfone groups is 1. The van der Waals surface area contributed by atoms with Crippen LogP contribution in [0.5, 0.6) is 0 Å². The van der Waals surface area contributed by atoms with Crippen molar-refractivity contribution in [3.05, 3.63) is 24.3 Å². The van der Waals surface area contributed by atoms with Gasteiger partial charge in [0.1, 0.15) is 0 Å². The number of rotatable bonds is 7. The molecule has 1 saturated heterocycles. The minimum Gasteiger partial charge on any atom is -0.381 e. The monoisotopic (exact) mass is 375 g/mol. The summed E-state index contributed by atoms with van der Waals surface area (Å²) >= 11 is 0. The maximum Gasteiger partial charge on any atom is 0.243 e. The molecule has 2 rings (SSSR count). The van der Waals surface area contributed by atoms with Crippen molar-refractivity contribution >= 4 is 19.9 Å². The summed E-state index contributed by atoms with van der Waals surface area (Å²) < 4.78 is 56.5. The SMILES string of the molecule is CCN(CC)S(=O)(=O)c1ccc(S(=O)(=O)CC2CCOCC2)cc1. The van der Waals surface area contributed by atoms with Gasteiger partial charge in [-0.3, -0.25) is 0 Å². The molecule has 0 aromatic heterocycles. The molecule has 136 valence electrons. The summed E-state index contributed by atoms with van der Waals surface area (Å²) in [6.45, 7) is 5.50. The van der Waals surface area contributed by atoms with Crippen LogP contribution < -0.4 is 0 Å². The first-order valence-electron chi connectivity index (χ1n) is 8.22. The van der Waals surface area contributed by atoms with E-state index in [0.717, 1.165) is 12.8 Å². The highest BCUT2D eigenvalue weighted by Crippen LogP contribution is 2.23. The second kappa shape index (κ2) is 7.95. The summed E-state index contributed by atoms with van der Waals surface area (Å²) in [6.07, 6.45) is 1.49. The lowest BCUT2D eigenvalue weighted by Crippen LogP contribution is -2.30. The van der Waals surface area contributed by atoms with Crippen LogP contribution in [0.3, 0.4) is 0 Å². The summed E-state index contributed by atoms with van der Waals surface area (Å²) in [5, 5.41) is 0. The predicted octanol–water partition coefficient (Wildman–Crippen LogP) is 1.92. The van der Waals surface area contributed by atoms with Crippen molar-refractivity contribution in [3.8, 4) is 0 Å². The van der Waals surface area contributed by atoms with E-state index in [2.05, 4.69) is 0 Å². The second-order valence-electron chi connectivity index (χ2n) is 5.90. The molecule has 6 nitrogen and oxygen atoms in total. The fraction of sp³-hybridized carbons (Fsp3) is 0.625. The molecule has 1 aliphatic rings. The summed E-state index contributed by atoms with van der Waals surface area (Å²) in [7, 11) is -6.99. The van der Waals surface area contributed by atoms with E-state index in [0.29, 0.717) is 26.3 Å². The van der Waals surface area contributed by atoms with Gasteiger partial charge in [-0.1, -0.05) is 13.8 Å². The van der Waals surface area contributed by atoms with Crippen molar-refractivity contribution in [2.75, 3.05) is 32.1 Å². The number of sulfonamides is 1. The van der Waals surface area contributed by atoms with Gasteiger partial charge in [0, 0.05) is 26.3 Å². The average molecular weight is 376 g/mol. The smallest absolute Gasteiger partial charge is 0.243 e. The van der Waals surface area contributed by atoms with Crippen molar-refractivity contribution in [1.29, 1.82) is 0 Å². The topological polar surface area (TPSA) is 80.8 Å². The highest BCUT2D eigenvalue weighted by Gasteiger charge is 2.25. The Hall–Kier alpha value is -0.960. The molecular formula is C16H25NO5S2. The Bertz CT molecular complexity index is 731. The molecule has 1 fully saturated rings. The Balaban J connectivity index is 2.19. The first-order valence-corrected chi connectivity index (χ1v) is 11.3. The maximum atomic E-state index is 12.5. The summed E-state index contributed by atoms with van der Waals surface area (Å²) in [4.78, 5) is 0.295. The average Bonchev–Trinajstić information content (AvgIpc) is 2.56. The van der Waals surface area contributed by atoms with Crippen molar-refractivity contribution in [1.82, 2.24) is 4.31 Å². The van der Waals surface area contributed by atoms with Crippen LogP contribution in [0.25, 0.3) is 0 Å². The van der Waals surface area contributed by atoms with Gasteiger partial charge in [-0.25, -0.2) is 16.8 Å². The van der Waals surface area contributed by atoms with Crippen LogP contribution in [-0.2, 0) is 24.6 Å². The Kier molecular flexibility index (Phi) is 6.41. The van der Waals surface area contributed by atoms with Crippen molar-refractivity contribution in [3.63, 3.8) is 0 Å². The Morgan fingerprint density at radius 3 is 1.96 bits per heavy atom. The molecule has 0 saturated carbocycles. The summed E-state index contributed by atoms with van der Waals surface area (Å²) in [6, 6.07) is 5.55. The molecular weight excluding hydrogens is 350 g/mol. The number of benzene rings is 1. The largest absolute Gasteiger partial charge is 0.381 e. The first kappa shape index (κ1) is 19.4. The quantitative estimate of drug-likeness (QED) is 0.727. The molecule has 1 aliphatic heterocycles. The van der Waals surface area contributed by atoms with Gasteiger partial charge in [0.15, 0.2) is 9.84 Å². The third kappa shape index (κ3) is 4.36. The number of ether oxygens (including phenoxy) is 1. The minimum atomic E-state index is -3.57. The number of hydrogen-bond donors (Lipinski definition) is 0. The standard InChI is InChI=1S/C16H25NO5S2/c1-3-17(4-2)24(20,21)16-7-5-15(6-8-16)23(18,19)13-14-9-11-22-12-10-14/h5-8,14H,3-4,9-13H2,1-2H3. The highest BCUT2D eigenvalue weighted by molar-refractivity contribution is 7.91. The van der Waals surface area contributed by atoms with Gasteiger partial charge >= 0.3 is 0 Å². The lowest BCUT2D eigenvalue weighted by molar-refractivity contribution is 0.0723. The van der Waals surface area contributed by atoms with Gasteiger partial charge in [-0.05, 0) is 43.0 Å². The van der Waals surface area contributed by atoms with Crippen LogP contribution in [-0.4, -0.2) is 53.2 Å². The summed E-state index contributed by atoms with van der Waals surface area (Å²) in [5.74, 6) is 0.182. The van der Waals surface area contributed by atoms with E-state index in [1.807, 2.05) is 0 Å². The fourth-order valence-corrected chi connectivity index (χ4v) is 6.01. The van der Waals surface area contributed by atoms with Crippen LogP contribution >= 0.6 is 0 Å². The van der Waals surface area contributed by atoms with E-state index >= 15 is 0 Å². The van der Waals surface area contributed by atoms with Crippen LogP contribution in [0.2, 0.25) is 0 Å². The zero-order valence-corrected chi connectivity index (χ0v) is 15.8. The molecule has 0 radical (unpaired) electrons. The Labute approximate surface area is 144 Å². The third-order valence-electron chi connectivity index (χ3n) is 4.32. The number of nitrogens with zero attached hydrogens (tertiary/aromatic N) is 1. The van der Waals surface area contributed by atoms with Crippen molar-refractivity contribution < 1.29 is 21.6 Å². The van der Waals surface area contributed by atoms with E-state index in [-0.39, 0.29) is 21.5 Å². The van der Waals surface area contributed by atoms with E-state index < -0.39 is 19.9 Å². The van der Waals surface area contributed by atoms with Crippen molar-refractivity contribution in [2.45, 2.75) is 36.5 Å². The first-order chi connectivity index (χ1) is 11.3. The summed E-state index contributed by atoms with van der Waals surface area (Å²) in [5.41, 5.74) is 0. The van der Waals surface area contributed by atoms with E-state index in [1.165, 1.54) is 28.6 Å². The molecule has 0 N–H and O–H groups in total. The van der Waals surface area contributed by atoms with E-state index in [9.17, 15) is 16.8 Å². The molecule has 0 aliphatic carbocycles. The van der Waals surface area contributed by atoms with Crippen molar-refractivity contribution in [2.24, 2.45) is 5.92 Å². The van der Waals surface area contributed by atoms with Gasteiger partial charge < -0.3 is 4.74 Å². The maximum absolute atomic E-state index is 12.5. The van der Waals surface area contributed by atoms with Crippen LogP contribution in [0.15, 0.2) is 34.1 Å². The van der Waals surface area contributed by atoms with Crippen LogP contribution in [0.4, 0.5) is 0 Å². The molecule has 24 heavy (non-hydrogen) atoms. The van der Waals surface area contributed by atoms with Gasteiger partial charge in [-0.2, -0.15) is 4.31 Å². The zero-order chi connectivity index (χ0) is 17.8. The predicted molar refractivity (Wildman–Crippen MR) is 92.1 cm³/mol. The highest BCUT2D eigenvalue weighted by atomic mass is 32.2. The molecule has 8 heteroatoms.